The van der Waals surface area contributed by atoms with Gasteiger partial charge in [-0.15, -0.1) is 0 Å². The molecular weight excluding hydrogens is 239 g/mol. The lowest BCUT2D eigenvalue weighted by molar-refractivity contribution is 0.548. The van der Waals surface area contributed by atoms with Gasteiger partial charge >= 0.3 is 0 Å². The Kier molecular flexibility index (Phi) is 4.81. The first kappa shape index (κ1) is 14.3. The second-order valence-corrected chi connectivity index (χ2v) is 5.96. The Hall–Kier alpha value is -1.09. The molecule has 1 aromatic rings. The molecule has 0 spiro atoms. The Morgan fingerprint density at radius 3 is 2.84 bits per heavy atom. The molecular formula is C16H25FN2. The fourth-order valence-electron chi connectivity index (χ4n) is 2.79. The molecule has 2 nitrogen and oxygen atoms in total. The molecule has 1 atom stereocenters. The molecule has 2 rings (SSSR count). The van der Waals surface area contributed by atoms with Gasteiger partial charge in [0.15, 0.2) is 0 Å². The number of benzene rings is 1. The molecule has 0 amide bonds. The van der Waals surface area contributed by atoms with Crippen molar-refractivity contribution in [3.05, 3.63) is 29.6 Å². The molecule has 1 saturated heterocycles. The van der Waals surface area contributed by atoms with Gasteiger partial charge in [0.1, 0.15) is 5.82 Å². The first-order valence-electron chi connectivity index (χ1n) is 7.34. The van der Waals surface area contributed by atoms with Crippen LogP contribution < -0.4 is 10.2 Å². The summed E-state index contributed by atoms with van der Waals surface area (Å²) in [6, 6.07) is 5.87. The number of anilines is 1. The Bertz CT molecular complexity index is 417. The van der Waals surface area contributed by atoms with Crippen molar-refractivity contribution in [3.63, 3.8) is 0 Å². The summed E-state index contributed by atoms with van der Waals surface area (Å²) >= 11 is 0. The Morgan fingerprint density at radius 1 is 1.42 bits per heavy atom. The van der Waals surface area contributed by atoms with Gasteiger partial charge in [-0.05, 0) is 43.9 Å². The van der Waals surface area contributed by atoms with E-state index in [1.807, 2.05) is 12.1 Å². The SMILES string of the molecule is CC(C)CNCc1cccc(F)c1N1CCCC1C. The number of hydrogen-bond donors (Lipinski definition) is 1. The van der Waals surface area contributed by atoms with Crippen LogP contribution in [0.5, 0.6) is 0 Å². The van der Waals surface area contributed by atoms with E-state index in [1.165, 1.54) is 0 Å². The van der Waals surface area contributed by atoms with Crippen LogP contribution in [0.4, 0.5) is 10.1 Å². The Labute approximate surface area is 116 Å². The number of halogens is 1. The van der Waals surface area contributed by atoms with Crippen LogP contribution in [0.2, 0.25) is 0 Å². The van der Waals surface area contributed by atoms with E-state index < -0.39 is 0 Å². The average Bonchev–Trinajstić information content (AvgIpc) is 2.75. The van der Waals surface area contributed by atoms with Crippen LogP contribution in [0, 0.1) is 11.7 Å². The summed E-state index contributed by atoms with van der Waals surface area (Å²) in [6.45, 7) is 9.23. The van der Waals surface area contributed by atoms with Crippen molar-refractivity contribution in [2.45, 2.75) is 46.2 Å². The summed E-state index contributed by atoms with van der Waals surface area (Å²) in [5, 5.41) is 3.41. The van der Waals surface area contributed by atoms with Crippen molar-refractivity contribution < 1.29 is 4.39 Å². The molecule has 1 N–H and O–H groups in total. The zero-order valence-electron chi connectivity index (χ0n) is 12.2. The molecule has 1 aliphatic rings. The molecule has 1 fully saturated rings. The highest BCUT2D eigenvalue weighted by Crippen LogP contribution is 2.31. The van der Waals surface area contributed by atoms with E-state index in [4.69, 9.17) is 0 Å². The highest BCUT2D eigenvalue weighted by Gasteiger charge is 2.25. The molecule has 1 aliphatic heterocycles. The van der Waals surface area contributed by atoms with Crippen molar-refractivity contribution in [2.75, 3.05) is 18.0 Å². The Morgan fingerprint density at radius 2 is 2.21 bits per heavy atom. The van der Waals surface area contributed by atoms with Crippen molar-refractivity contribution >= 4 is 5.69 Å². The molecule has 0 aliphatic carbocycles. The first-order valence-corrected chi connectivity index (χ1v) is 7.34. The average molecular weight is 264 g/mol. The summed E-state index contributed by atoms with van der Waals surface area (Å²) in [6.07, 6.45) is 2.32. The first-order chi connectivity index (χ1) is 9.09. The topological polar surface area (TPSA) is 15.3 Å². The minimum Gasteiger partial charge on any atom is -0.366 e. The molecule has 1 unspecified atom stereocenters. The van der Waals surface area contributed by atoms with Crippen LogP contribution >= 0.6 is 0 Å². The van der Waals surface area contributed by atoms with Crippen LogP contribution in [0.3, 0.4) is 0 Å². The van der Waals surface area contributed by atoms with E-state index in [0.29, 0.717) is 12.0 Å². The molecule has 0 radical (unpaired) electrons. The van der Waals surface area contributed by atoms with E-state index in [2.05, 4.69) is 31.0 Å². The van der Waals surface area contributed by atoms with Gasteiger partial charge in [0, 0.05) is 19.1 Å². The van der Waals surface area contributed by atoms with Crippen LogP contribution in [-0.2, 0) is 6.54 Å². The molecule has 3 heteroatoms. The zero-order valence-corrected chi connectivity index (χ0v) is 12.2. The van der Waals surface area contributed by atoms with Gasteiger partial charge in [-0.3, -0.25) is 0 Å². The monoisotopic (exact) mass is 264 g/mol. The van der Waals surface area contributed by atoms with Crippen LogP contribution in [0.1, 0.15) is 39.2 Å². The minimum absolute atomic E-state index is 0.0856. The summed E-state index contributed by atoms with van der Waals surface area (Å²) in [5.74, 6) is 0.528. The van der Waals surface area contributed by atoms with Gasteiger partial charge in [-0.2, -0.15) is 0 Å². The molecule has 106 valence electrons. The maximum atomic E-state index is 14.2. The Balaban J connectivity index is 2.16. The number of hydrogen-bond acceptors (Lipinski definition) is 2. The fraction of sp³-hybridized carbons (Fsp3) is 0.625. The van der Waals surface area contributed by atoms with Crippen LogP contribution in [0.15, 0.2) is 18.2 Å². The minimum atomic E-state index is -0.0856. The quantitative estimate of drug-likeness (QED) is 0.874. The largest absolute Gasteiger partial charge is 0.366 e. The molecule has 1 aromatic carbocycles. The zero-order chi connectivity index (χ0) is 13.8. The summed E-state index contributed by atoms with van der Waals surface area (Å²) < 4.78 is 14.2. The third-order valence-electron chi connectivity index (χ3n) is 3.78. The number of rotatable bonds is 5. The second kappa shape index (κ2) is 6.38. The van der Waals surface area contributed by atoms with Gasteiger partial charge in [0.25, 0.3) is 0 Å². The highest BCUT2D eigenvalue weighted by molar-refractivity contribution is 5.56. The lowest BCUT2D eigenvalue weighted by Crippen LogP contribution is -2.29. The van der Waals surface area contributed by atoms with Crippen molar-refractivity contribution in [3.8, 4) is 0 Å². The van der Waals surface area contributed by atoms with E-state index in [-0.39, 0.29) is 5.82 Å². The van der Waals surface area contributed by atoms with E-state index in [9.17, 15) is 4.39 Å². The smallest absolute Gasteiger partial charge is 0.146 e. The van der Waals surface area contributed by atoms with E-state index in [0.717, 1.165) is 43.7 Å². The standard InChI is InChI=1S/C16H25FN2/c1-12(2)10-18-11-14-7-4-8-15(17)16(14)19-9-5-6-13(19)3/h4,7-8,12-13,18H,5-6,9-11H2,1-3H3. The van der Waals surface area contributed by atoms with Crippen molar-refractivity contribution in [1.29, 1.82) is 0 Å². The van der Waals surface area contributed by atoms with Gasteiger partial charge in [-0.25, -0.2) is 4.39 Å². The summed E-state index contributed by atoms with van der Waals surface area (Å²) in [7, 11) is 0. The van der Waals surface area contributed by atoms with Crippen LogP contribution in [0.25, 0.3) is 0 Å². The maximum absolute atomic E-state index is 14.2. The van der Waals surface area contributed by atoms with Gasteiger partial charge in [0.2, 0.25) is 0 Å². The predicted molar refractivity (Wildman–Crippen MR) is 79.0 cm³/mol. The van der Waals surface area contributed by atoms with E-state index >= 15 is 0 Å². The third-order valence-corrected chi connectivity index (χ3v) is 3.78. The molecule has 0 saturated carbocycles. The lowest BCUT2D eigenvalue weighted by Gasteiger charge is -2.27. The summed E-state index contributed by atoms with van der Waals surface area (Å²) in [5.41, 5.74) is 1.89. The van der Waals surface area contributed by atoms with Crippen molar-refractivity contribution in [1.82, 2.24) is 5.32 Å². The van der Waals surface area contributed by atoms with E-state index in [1.54, 1.807) is 6.07 Å². The number of nitrogens with one attached hydrogen (secondary N) is 1. The predicted octanol–water partition coefficient (Wildman–Crippen LogP) is 3.56. The number of nitrogens with zero attached hydrogens (tertiary/aromatic N) is 1. The maximum Gasteiger partial charge on any atom is 0.146 e. The lowest BCUT2D eigenvalue weighted by atomic mass is 10.1. The van der Waals surface area contributed by atoms with Crippen molar-refractivity contribution in [2.24, 2.45) is 5.92 Å². The van der Waals surface area contributed by atoms with Crippen LogP contribution in [-0.4, -0.2) is 19.1 Å². The molecule has 0 bridgehead atoms. The van der Waals surface area contributed by atoms with Gasteiger partial charge in [0.05, 0.1) is 5.69 Å². The highest BCUT2D eigenvalue weighted by atomic mass is 19.1. The fourth-order valence-corrected chi connectivity index (χ4v) is 2.79. The third kappa shape index (κ3) is 3.47. The second-order valence-electron chi connectivity index (χ2n) is 5.96. The molecule has 19 heavy (non-hydrogen) atoms. The molecule has 0 aromatic heterocycles. The summed E-state index contributed by atoms with van der Waals surface area (Å²) in [4.78, 5) is 2.22. The van der Waals surface area contributed by atoms with Gasteiger partial charge < -0.3 is 10.2 Å². The number of para-hydroxylation sites is 1. The van der Waals surface area contributed by atoms with Gasteiger partial charge in [-0.1, -0.05) is 26.0 Å². The molecule has 1 heterocycles. The normalized spacial score (nSPS) is 19.4.